The molecule has 2 amide bonds. The topological polar surface area (TPSA) is 140 Å². The quantitative estimate of drug-likeness (QED) is 0.309. The molecule has 3 rings (SSSR count). The molecule has 1 aliphatic carbocycles. The third-order valence-electron chi connectivity index (χ3n) is 6.47. The molecule has 1 aliphatic rings. The largest absolute Gasteiger partial charge is 0.480 e. The summed E-state index contributed by atoms with van der Waals surface area (Å²) in [5.74, 6) is -1.96. The molecule has 2 aromatic rings. The van der Waals surface area contributed by atoms with Crippen molar-refractivity contribution in [2.45, 2.75) is 76.7 Å². The molecule has 38 heavy (non-hydrogen) atoms. The van der Waals surface area contributed by atoms with E-state index >= 15 is 0 Å². The maximum absolute atomic E-state index is 13.1. The van der Waals surface area contributed by atoms with Crippen molar-refractivity contribution in [3.8, 4) is 11.1 Å². The van der Waals surface area contributed by atoms with Gasteiger partial charge in [0.1, 0.15) is 12.6 Å². The first-order valence-electron chi connectivity index (χ1n) is 13.0. The summed E-state index contributed by atoms with van der Waals surface area (Å²) in [6, 6.07) is 13.8. The van der Waals surface area contributed by atoms with Crippen LogP contribution in [0.25, 0.3) is 11.1 Å². The van der Waals surface area contributed by atoms with Crippen LogP contribution < -0.4 is 16.4 Å². The van der Waals surface area contributed by atoms with Crippen molar-refractivity contribution >= 4 is 18.0 Å². The van der Waals surface area contributed by atoms with Gasteiger partial charge in [0.05, 0.1) is 11.7 Å². The number of carboxylic acid groups (broad SMARTS) is 1. The van der Waals surface area contributed by atoms with Crippen molar-refractivity contribution in [3.63, 3.8) is 0 Å². The lowest BCUT2D eigenvalue weighted by Gasteiger charge is -2.30. The van der Waals surface area contributed by atoms with Gasteiger partial charge in [-0.15, -0.1) is 0 Å². The monoisotopic (exact) mass is 525 g/mol. The third kappa shape index (κ3) is 7.55. The van der Waals surface area contributed by atoms with Crippen LogP contribution in [0, 0.1) is 0 Å². The SMILES string of the molecule is C[C@@H](OC(C)(C)C)[C@H](NC(=O)[C@H](CCCCN)NC(=O)OCC1c2ccccc2-c2ccccc21)C(=O)O. The highest BCUT2D eigenvalue weighted by Gasteiger charge is 2.34. The highest BCUT2D eigenvalue weighted by Crippen LogP contribution is 2.44. The molecule has 0 spiro atoms. The molecule has 0 aliphatic heterocycles. The van der Waals surface area contributed by atoms with Gasteiger partial charge in [0, 0.05) is 5.92 Å². The van der Waals surface area contributed by atoms with E-state index in [-0.39, 0.29) is 18.9 Å². The molecular weight excluding hydrogens is 486 g/mol. The van der Waals surface area contributed by atoms with Gasteiger partial charge in [-0.3, -0.25) is 4.79 Å². The Balaban J connectivity index is 1.67. The highest BCUT2D eigenvalue weighted by atomic mass is 16.5. The number of aliphatic carboxylic acids is 1. The van der Waals surface area contributed by atoms with Crippen molar-refractivity contribution in [1.82, 2.24) is 10.6 Å². The van der Waals surface area contributed by atoms with Crippen molar-refractivity contribution < 1.29 is 29.0 Å². The number of hydrogen-bond donors (Lipinski definition) is 4. The van der Waals surface area contributed by atoms with Gasteiger partial charge in [-0.25, -0.2) is 9.59 Å². The van der Waals surface area contributed by atoms with Crippen LogP contribution in [0.4, 0.5) is 4.79 Å². The minimum Gasteiger partial charge on any atom is -0.480 e. The number of rotatable bonds is 12. The number of carbonyl (C=O) groups excluding carboxylic acids is 2. The second kappa shape index (κ2) is 12.9. The van der Waals surface area contributed by atoms with Crippen molar-refractivity contribution in [1.29, 1.82) is 0 Å². The Morgan fingerprint density at radius 1 is 0.974 bits per heavy atom. The van der Waals surface area contributed by atoms with E-state index in [2.05, 4.69) is 22.8 Å². The number of carbonyl (C=O) groups is 3. The highest BCUT2D eigenvalue weighted by molar-refractivity contribution is 5.89. The maximum atomic E-state index is 13.1. The number of alkyl carbamates (subject to hydrolysis) is 1. The van der Waals surface area contributed by atoms with E-state index in [1.807, 2.05) is 36.4 Å². The fourth-order valence-corrected chi connectivity index (χ4v) is 4.80. The predicted octanol–water partition coefficient (Wildman–Crippen LogP) is 3.80. The fraction of sp³-hybridized carbons (Fsp3) is 0.483. The Kier molecular flexibility index (Phi) is 9.88. The van der Waals surface area contributed by atoms with E-state index in [0.717, 1.165) is 22.3 Å². The minimum atomic E-state index is -1.29. The second-order valence-corrected chi connectivity index (χ2v) is 10.6. The smallest absolute Gasteiger partial charge is 0.407 e. The number of hydrogen-bond acceptors (Lipinski definition) is 6. The number of ether oxygens (including phenoxy) is 2. The number of nitrogens with one attached hydrogen (secondary N) is 2. The molecule has 5 N–H and O–H groups in total. The van der Waals surface area contributed by atoms with Gasteiger partial charge in [0.25, 0.3) is 0 Å². The van der Waals surface area contributed by atoms with E-state index in [1.54, 1.807) is 27.7 Å². The van der Waals surface area contributed by atoms with Gasteiger partial charge >= 0.3 is 12.1 Å². The van der Waals surface area contributed by atoms with Gasteiger partial charge in [-0.2, -0.15) is 0 Å². The Hall–Kier alpha value is -3.43. The molecule has 0 bridgehead atoms. The lowest BCUT2D eigenvalue weighted by atomic mass is 9.98. The summed E-state index contributed by atoms with van der Waals surface area (Å²) in [5.41, 5.74) is 9.39. The number of fused-ring (bicyclic) bond motifs is 3. The van der Waals surface area contributed by atoms with Crippen LogP contribution in [0.5, 0.6) is 0 Å². The van der Waals surface area contributed by atoms with Crippen molar-refractivity contribution in [2.75, 3.05) is 13.2 Å². The molecule has 206 valence electrons. The molecule has 3 atom stereocenters. The zero-order valence-corrected chi connectivity index (χ0v) is 22.5. The Morgan fingerprint density at radius 3 is 2.08 bits per heavy atom. The van der Waals surface area contributed by atoms with Crippen LogP contribution >= 0.6 is 0 Å². The molecule has 9 nitrogen and oxygen atoms in total. The summed E-state index contributed by atoms with van der Waals surface area (Å²) in [6.07, 6.45) is -0.0265. The zero-order chi connectivity index (χ0) is 27.9. The fourth-order valence-electron chi connectivity index (χ4n) is 4.80. The van der Waals surface area contributed by atoms with E-state index in [9.17, 15) is 19.5 Å². The molecule has 2 aromatic carbocycles. The molecule has 9 heteroatoms. The second-order valence-electron chi connectivity index (χ2n) is 10.6. The number of carboxylic acids is 1. The van der Waals surface area contributed by atoms with Gasteiger partial charge in [0.2, 0.25) is 5.91 Å². The first kappa shape index (κ1) is 29.1. The van der Waals surface area contributed by atoms with Crippen LogP contribution in [0.3, 0.4) is 0 Å². The Morgan fingerprint density at radius 2 is 1.55 bits per heavy atom. The summed E-state index contributed by atoms with van der Waals surface area (Å²) in [4.78, 5) is 37.8. The minimum absolute atomic E-state index is 0.102. The molecule has 0 saturated carbocycles. The van der Waals surface area contributed by atoms with Crippen LogP contribution in [0.15, 0.2) is 48.5 Å². The Labute approximate surface area is 224 Å². The number of amides is 2. The van der Waals surface area contributed by atoms with Crippen LogP contribution in [0.2, 0.25) is 0 Å². The lowest BCUT2D eigenvalue weighted by Crippen LogP contribution is -2.56. The van der Waals surface area contributed by atoms with E-state index < -0.39 is 41.8 Å². The lowest BCUT2D eigenvalue weighted by molar-refractivity contribution is -0.150. The standard InChI is InChI=1S/C29H39N3O6/c1-18(38-29(2,3)4)25(27(34)35)32-26(33)24(15-9-10-16-30)31-28(36)37-17-23-21-13-7-5-11-19(21)20-12-6-8-14-22(20)23/h5-8,11-14,18,23-25H,9-10,15-17,30H2,1-4H3,(H,31,36)(H,32,33)(H,34,35)/t18-,24+,25+/m1/s1. The average molecular weight is 526 g/mol. The molecule has 0 radical (unpaired) electrons. The summed E-state index contributed by atoms with van der Waals surface area (Å²) < 4.78 is 11.3. The zero-order valence-electron chi connectivity index (χ0n) is 22.5. The first-order valence-corrected chi connectivity index (χ1v) is 13.0. The molecule has 0 fully saturated rings. The first-order chi connectivity index (χ1) is 18.0. The summed E-state index contributed by atoms with van der Waals surface area (Å²) in [5, 5.41) is 14.9. The number of benzene rings is 2. The molecule has 0 aromatic heterocycles. The van der Waals surface area contributed by atoms with Gasteiger partial charge in [-0.05, 0) is 75.8 Å². The van der Waals surface area contributed by atoms with Crippen LogP contribution in [-0.2, 0) is 19.1 Å². The molecule has 0 saturated heterocycles. The van der Waals surface area contributed by atoms with Crippen molar-refractivity contribution in [3.05, 3.63) is 59.7 Å². The summed E-state index contributed by atoms with van der Waals surface area (Å²) in [6.45, 7) is 7.54. The van der Waals surface area contributed by atoms with E-state index in [1.165, 1.54) is 0 Å². The van der Waals surface area contributed by atoms with Crippen LogP contribution in [0.1, 0.15) is 64.0 Å². The number of unbranched alkanes of at least 4 members (excludes halogenated alkanes) is 1. The molecular formula is C29H39N3O6. The maximum Gasteiger partial charge on any atom is 0.407 e. The predicted molar refractivity (Wildman–Crippen MR) is 145 cm³/mol. The summed E-state index contributed by atoms with van der Waals surface area (Å²) >= 11 is 0. The van der Waals surface area contributed by atoms with Gasteiger partial charge < -0.3 is 30.9 Å². The average Bonchev–Trinajstić information content (AvgIpc) is 3.17. The van der Waals surface area contributed by atoms with Crippen LogP contribution in [-0.4, -0.2) is 60.0 Å². The molecule has 0 unspecified atom stereocenters. The van der Waals surface area contributed by atoms with E-state index in [4.69, 9.17) is 15.2 Å². The third-order valence-corrected chi connectivity index (χ3v) is 6.47. The summed E-state index contributed by atoms with van der Waals surface area (Å²) in [7, 11) is 0. The number of nitrogens with two attached hydrogens (primary N) is 1. The van der Waals surface area contributed by atoms with E-state index in [0.29, 0.717) is 19.4 Å². The Bertz CT molecular complexity index is 1080. The normalized spacial score (nSPS) is 15.1. The van der Waals surface area contributed by atoms with Crippen molar-refractivity contribution in [2.24, 2.45) is 5.73 Å². The molecule has 0 heterocycles. The van der Waals surface area contributed by atoms with Gasteiger partial charge in [0.15, 0.2) is 6.04 Å². The van der Waals surface area contributed by atoms with Gasteiger partial charge in [-0.1, -0.05) is 48.5 Å².